The van der Waals surface area contributed by atoms with Crippen molar-refractivity contribution in [2.45, 2.75) is 26.4 Å². The highest BCUT2D eigenvalue weighted by Gasteiger charge is 2.38. The second-order valence-corrected chi connectivity index (χ2v) is 7.53. The van der Waals surface area contributed by atoms with E-state index in [-0.39, 0.29) is 31.4 Å². The van der Waals surface area contributed by atoms with Crippen LogP contribution in [-0.2, 0) is 20.9 Å². The number of ether oxygens (including phenoxy) is 1. The molecule has 1 aliphatic heterocycles. The molecule has 0 saturated heterocycles. The van der Waals surface area contributed by atoms with Gasteiger partial charge in [0.2, 0.25) is 11.9 Å². The highest BCUT2D eigenvalue weighted by atomic mass is 19.1. The lowest BCUT2D eigenvalue weighted by atomic mass is 9.95. The van der Waals surface area contributed by atoms with E-state index in [0.717, 1.165) is 11.1 Å². The summed E-state index contributed by atoms with van der Waals surface area (Å²) in [5, 5.41) is 7.18. The van der Waals surface area contributed by atoms with Gasteiger partial charge in [0, 0.05) is 12.2 Å². The first-order valence-electron chi connectivity index (χ1n) is 10.6. The predicted molar refractivity (Wildman–Crippen MR) is 120 cm³/mol. The normalized spacial score (nSPS) is 15.2. The van der Waals surface area contributed by atoms with Crippen LogP contribution in [0.15, 0.2) is 72.2 Å². The molecule has 0 saturated carbocycles. The molecule has 170 valence electrons. The molecule has 1 atom stereocenters. The van der Waals surface area contributed by atoms with Gasteiger partial charge < -0.3 is 15.0 Å². The van der Waals surface area contributed by atoms with E-state index >= 15 is 0 Å². The first kappa shape index (κ1) is 22.2. The Balaban J connectivity index is 1.63. The number of amides is 1. The molecule has 2 heterocycles. The third-order valence-corrected chi connectivity index (χ3v) is 5.42. The first-order valence-corrected chi connectivity index (χ1v) is 10.6. The summed E-state index contributed by atoms with van der Waals surface area (Å²) in [6.45, 7) is 3.92. The van der Waals surface area contributed by atoms with Crippen LogP contribution in [0.2, 0.25) is 0 Å². The number of hydrogen-bond donors (Lipinski definition) is 1. The molecule has 4 rings (SSSR count). The second-order valence-electron chi connectivity index (χ2n) is 7.53. The topological polar surface area (TPSA) is 89.3 Å². The lowest BCUT2D eigenvalue weighted by Crippen LogP contribution is -2.42. The van der Waals surface area contributed by atoms with E-state index in [0.29, 0.717) is 17.2 Å². The van der Waals surface area contributed by atoms with Gasteiger partial charge in [-0.15, -0.1) is 0 Å². The van der Waals surface area contributed by atoms with Gasteiger partial charge in [0.1, 0.15) is 24.7 Å². The Morgan fingerprint density at radius 3 is 2.55 bits per heavy atom. The summed E-state index contributed by atoms with van der Waals surface area (Å²) < 4.78 is 20.1. The van der Waals surface area contributed by atoms with Crippen molar-refractivity contribution in [3.63, 3.8) is 0 Å². The van der Waals surface area contributed by atoms with Crippen molar-refractivity contribution >= 4 is 17.8 Å². The molecule has 8 nitrogen and oxygen atoms in total. The van der Waals surface area contributed by atoms with E-state index in [9.17, 15) is 14.0 Å². The quantitative estimate of drug-likeness (QED) is 0.558. The number of allylic oxidation sites excluding steroid dienone is 1. The lowest BCUT2D eigenvalue weighted by molar-refractivity contribution is -0.139. The van der Waals surface area contributed by atoms with Crippen LogP contribution in [-0.4, -0.2) is 39.8 Å². The fraction of sp³-hybridized carbons (Fsp3) is 0.250. The monoisotopic (exact) mass is 449 g/mol. The molecule has 1 aliphatic rings. The van der Waals surface area contributed by atoms with Crippen LogP contribution in [0.3, 0.4) is 0 Å². The van der Waals surface area contributed by atoms with Crippen LogP contribution < -0.4 is 10.2 Å². The number of carbonyl (C=O) groups is 2. The molecule has 0 radical (unpaired) electrons. The molecule has 9 heteroatoms. The summed E-state index contributed by atoms with van der Waals surface area (Å²) in [5.41, 5.74) is 2.59. The maximum Gasteiger partial charge on any atom is 0.338 e. The molecule has 1 amide bonds. The zero-order chi connectivity index (χ0) is 23.4. The minimum atomic E-state index is -0.527. The highest BCUT2D eigenvalue weighted by molar-refractivity contribution is 5.93. The molecular weight excluding hydrogens is 425 g/mol. The van der Waals surface area contributed by atoms with Crippen molar-refractivity contribution in [3.8, 4) is 0 Å². The summed E-state index contributed by atoms with van der Waals surface area (Å²) in [4.78, 5) is 31.8. The number of esters is 1. The maximum absolute atomic E-state index is 13.1. The lowest BCUT2D eigenvalue weighted by Gasteiger charge is -2.35. The SMILES string of the molecule is CCOC(=O)C1=C(C)N(CC(=O)NCc2ccc(F)cc2)c2ncnn2[C@@H]1c1ccccc1. The molecule has 0 bridgehead atoms. The molecule has 0 unspecified atom stereocenters. The number of hydrogen-bond acceptors (Lipinski definition) is 6. The zero-order valence-electron chi connectivity index (χ0n) is 18.4. The number of fused-ring (bicyclic) bond motifs is 1. The van der Waals surface area contributed by atoms with Crippen molar-refractivity contribution in [1.29, 1.82) is 0 Å². The fourth-order valence-electron chi connectivity index (χ4n) is 3.84. The standard InChI is InChI=1S/C24H24FN5O3/c1-3-33-23(32)21-16(2)29(14-20(31)26-13-17-9-11-19(25)12-10-17)24-27-15-28-30(24)22(21)18-7-5-4-6-8-18/h4-12,15,22H,3,13-14H2,1-2H3,(H,26,31)/t22-/m1/s1. The van der Waals surface area contributed by atoms with Crippen LogP contribution in [0.1, 0.15) is 31.0 Å². The van der Waals surface area contributed by atoms with Gasteiger partial charge in [-0.3, -0.25) is 4.79 Å². The number of carbonyl (C=O) groups excluding carboxylic acids is 2. The van der Waals surface area contributed by atoms with E-state index in [1.165, 1.54) is 18.5 Å². The molecular formula is C24H24FN5O3. The van der Waals surface area contributed by atoms with Crippen molar-refractivity contribution in [1.82, 2.24) is 20.1 Å². The Labute approximate surface area is 190 Å². The van der Waals surface area contributed by atoms with Gasteiger partial charge in [-0.05, 0) is 37.1 Å². The first-order chi connectivity index (χ1) is 16.0. The van der Waals surface area contributed by atoms with Gasteiger partial charge in [-0.25, -0.2) is 13.9 Å². The van der Waals surface area contributed by atoms with Crippen LogP contribution in [0, 0.1) is 5.82 Å². The molecule has 2 aromatic carbocycles. The highest BCUT2D eigenvalue weighted by Crippen LogP contribution is 2.38. The minimum absolute atomic E-state index is 0.0733. The van der Waals surface area contributed by atoms with E-state index in [4.69, 9.17) is 4.74 Å². The van der Waals surface area contributed by atoms with E-state index in [1.807, 2.05) is 30.3 Å². The Bertz CT molecular complexity index is 1170. The summed E-state index contributed by atoms with van der Waals surface area (Å²) in [6, 6.07) is 14.9. The molecule has 1 aromatic heterocycles. The van der Waals surface area contributed by atoms with Crippen LogP contribution in [0.25, 0.3) is 0 Å². The summed E-state index contributed by atoms with van der Waals surface area (Å²) >= 11 is 0. The molecule has 33 heavy (non-hydrogen) atoms. The Kier molecular flexibility index (Phi) is 6.48. The van der Waals surface area contributed by atoms with Gasteiger partial charge in [0.15, 0.2) is 0 Å². The van der Waals surface area contributed by atoms with E-state index in [1.54, 1.807) is 35.6 Å². The van der Waals surface area contributed by atoms with Gasteiger partial charge in [0.05, 0.1) is 12.2 Å². The smallest absolute Gasteiger partial charge is 0.338 e. The Morgan fingerprint density at radius 2 is 1.85 bits per heavy atom. The third kappa shape index (κ3) is 4.62. The average Bonchev–Trinajstić information content (AvgIpc) is 3.30. The maximum atomic E-state index is 13.1. The molecule has 0 fully saturated rings. The Hall–Kier alpha value is -4.01. The van der Waals surface area contributed by atoms with Crippen LogP contribution in [0.5, 0.6) is 0 Å². The van der Waals surface area contributed by atoms with E-state index in [2.05, 4.69) is 15.4 Å². The van der Waals surface area contributed by atoms with E-state index < -0.39 is 12.0 Å². The summed E-state index contributed by atoms with van der Waals surface area (Å²) in [6.07, 6.45) is 1.40. The number of anilines is 1. The third-order valence-electron chi connectivity index (χ3n) is 5.42. The zero-order valence-corrected chi connectivity index (χ0v) is 18.4. The van der Waals surface area contributed by atoms with Crippen molar-refractivity contribution in [2.75, 3.05) is 18.1 Å². The number of nitrogens with zero attached hydrogens (tertiary/aromatic N) is 4. The second kappa shape index (κ2) is 9.64. The number of benzene rings is 2. The number of halogens is 1. The number of nitrogens with one attached hydrogen (secondary N) is 1. The van der Waals surface area contributed by atoms with Crippen molar-refractivity contribution in [2.24, 2.45) is 0 Å². The summed E-state index contributed by atoms with van der Waals surface area (Å²) in [7, 11) is 0. The molecule has 3 aromatic rings. The van der Waals surface area contributed by atoms with Crippen molar-refractivity contribution < 1.29 is 18.7 Å². The van der Waals surface area contributed by atoms with Gasteiger partial charge >= 0.3 is 5.97 Å². The van der Waals surface area contributed by atoms with Crippen LogP contribution in [0.4, 0.5) is 10.3 Å². The average molecular weight is 449 g/mol. The summed E-state index contributed by atoms with van der Waals surface area (Å²) in [5.74, 6) is -0.638. The minimum Gasteiger partial charge on any atom is -0.463 e. The van der Waals surface area contributed by atoms with Crippen LogP contribution >= 0.6 is 0 Å². The number of aromatic nitrogens is 3. The largest absolute Gasteiger partial charge is 0.463 e. The number of rotatable bonds is 7. The fourth-order valence-corrected chi connectivity index (χ4v) is 3.84. The van der Waals surface area contributed by atoms with Gasteiger partial charge in [0.25, 0.3) is 0 Å². The molecule has 0 aliphatic carbocycles. The van der Waals surface area contributed by atoms with Gasteiger partial charge in [-0.2, -0.15) is 10.1 Å². The molecule has 0 spiro atoms. The Morgan fingerprint density at radius 1 is 1.12 bits per heavy atom. The molecule has 1 N–H and O–H groups in total. The van der Waals surface area contributed by atoms with Gasteiger partial charge in [-0.1, -0.05) is 42.5 Å². The van der Waals surface area contributed by atoms with Crippen molar-refractivity contribution in [3.05, 3.63) is 89.1 Å². The predicted octanol–water partition coefficient (Wildman–Crippen LogP) is 2.98.